The number of benzene rings is 3. The van der Waals surface area contributed by atoms with Gasteiger partial charge in [0.1, 0.15) is 5.82 Å². The Hall–Kier alpha value is -3.86. The van der Waals surface area contributed by atoms with E-state index in [0.717, 1.165) is 16.7 Å². The third-order valence-corrected chi connectivity index (χ3v) is 4.21. The molecule has 0 atom stereocenters. The molecule has 0 aliphatic carbocycles. The summed E-state index contributed by atoms with van der Waals surface area (Å²) in [6, 6.07) is 26.5. The maximum Gasteiger partial charge on any atom is 0.344 e. The van der Waals surface area contributed by atoms with Crippen LogP contribution in [-0.2, 0) is 0 Å². The summed E-state index contributed by atoms with van der Waals surface area (Å²) in [5.41, 5.74) is 4.07. The van der Waals surface area contributed by atoms with Crippen LogP contribution in [0.4, 0.5) is 4.39 Å². The van der Waals surface area contributed by atoms with Crippen LogP contribution in [0.1, 0.15) is 10.4 Å². The van der Waals surface area contributed by atoms with Crippen LogP contribution in [0.3, 0.4) is 0 Å². The number of nitrogens with zero attached hydrogens (tertiary/aromatic N) is 2. The van der Waals surface area contributed by atoms with Gasteiger partial charge in [0.2, 0.25) is 5.88 Å². The van der Waals surface area contributed by atoms with Crippen LogP contribution >= 0.6 is 0 Å². The van der Waals surface area contributed by atoms with Gasteiger partial charge in [-0.1, -0.05) is 54.6 Å². The second-order valence-electron chi connectivity index (χ2n) is 6.10. The fraction of sp³-hybridized carbons (Fsp3) is 0. The number of rotatable bonds is 4. The predicted molar refractivity (Wildman–Crippen MR) is 104 cm³/mol. The van der Waals surface area contributed by atoms with Crippen molar-refractivity contribution in [3.8, 4) is 28.3 Å². The summed E-state index contributed by atoms with van der Waals surface area (Å²) in [6.45, 7) is 0. The van der Waals surface area contributed by atoms with Crippen molar-refractivity contribution in [1.29, 1.82) is 0 Å². The van der Waals surface area contributed by atoms with Gasteiger partial charge in [-0.15, -0.1) is 10.2 Å². The lowest BCUT2D eigenvalue weighted by atomic mass is 10.0. The number of aromatic nitrogens is 2. The molecule has 0 saturated heterocycles. The predicted octanol–water partition coefficient (Wildman–Crippen LogP) is 5.17. The van der Waals surface area contributed by atoms with E-state index in [1.165, 1.54) is 24.3 Å². The summed E-state index contributed by atoms with van der Waals surface area (Å²) >= 11 is 0. The normalized spacial score (nSPS) is 10.5. The third kappa shape index (κ3) is 3.94. The molecule has 28 heavy (non-hydrogen) atoms. The summed E-state index contributed by atoms with van der Waals surface area (Å²) in [4.78, 5) is 12.0. The van der Waals surface area contributed by atoms with Crippen molar-refractivity contribution in [2.45, 2.75) is 0 Å². The molecule has 0 bridgehead atoms. The van der Waals surface area contributed by atoms with Crippen LogP contribution in [0.2, 0.25) is 0 Å². The average molecular weight is 370 g/mol. The van der Waals surface area contributed by atoms with E-state index in [1.54, 1.807) is 12.1 Å². The van der Waals surface area contributed by atoms with Crippen LogP contribution in [0, 0.1) is 5.82 Å². The molecule has 0 aliphatic heterocycles. The third-order valence-electron chi connectivity index (χ3n) is 4.21. The Bertz CT molecular complexity index is 1080. The second kappa shape index (κ2) is 7.80. The van der Waals surface area contributed by atoms with Crippen molar-refractivity contribution in [2.75, 3.05) is 0 Å². The fourth-order valence-electron chi connectivity index (χ4n) is 2.73. The molecule has 3 aromatic carbocycles. The van der Waals surface area contributed by atoms with Gasteiger partial charge in [-0.25, -0.2) is 9.18 Å². The van der Waals surface area contributed by atoms with Crippen LogP contribution in [0.15, 0.2) is 91.0 Å². The molecule has 136 valence electrons. The fourth-order valence-corrected chi connectivity index (χ4v) is 2.73. The monoisotopic (exact) mass is 370 g/mol. The Morgan fingerprint density at radius 1 is 0.679 bits per heavy atom. The minimum absolute atomic E-state index is 0.0824. The average Bonchev–Trinajstić information content (AvgIpc) is 2.75. The molecule has 0 unspecified atom stereocenters. The molecular formula is C23H15FN2O2. The Balaban J connectivity index is 1.47. The van der Waals surface area contributed by atoms with Gasteiger partial charge in [0.15, 0.2) is 0 Å². The van der Waals surface area contributed by atoms with Gasteiger partial charge in [0.25, 0.3) is 0 Å². The number of halogens is 1. The number of carbonyl (C=O) groups is 1. The van der Waals surface area contributed by atoms with Crippen LogP contribution in [0.5, 0.6) is 5.88 Å². The largest absolute Gasteiger partial charge is 0.402 e. The minimum atomic E-state index is -0.616. The highest BCUT2D eigenvalue weighted by atomic mass is 19.1. The molecule has 1 aromatic heterocycles. The number of carbonyl (C=O) groups excluding carboxylic acids is 1. The molecule has 1 heterocycles. The maximum absolute atomic E-state index is 12.9. The SMILES string of the molecule is O=C(Oc1ccc(-c2ccc(-c3ccccc3)cc2)nn1)c1ccc(F)cc1. The quantitative estimate of drug-likeness (QED) is 0.465. The summed E-state index contributed by atoms with van der Waals surface area (Å²) in [7, 11) is 0. The van der Waals surface area contributed by atoms with Crippen molar-refractivity contribution in [3.63, 3.8) is 0 Å². The Morgan fingerprint density at radius 2 is 1.32 bits per heavy atom. The van der Waals surface area contributed by atoms with E-state index in [-0.39, 0.29) is 11.4 Å². The highest BCUT2D eigenvalue weighted by molar-refractivity contribution is 5.90. The lowest BCUT2D eigenvalue weighted by Crippen LogP contribution is -2.09. The summed E-state index contributed by atoms with van der Waals surface area (Å²) in [6.07, 6.45) is 0. The first kappa shape index (κ1) is 17.5. The van der Waals surface area contributed by atoms with Crippen LogP contribution in [-0.4, -0.2) is 16.2 Å². The lowest BCUT2D eigenvalue weighted by Gasteiger charge is -2.06. The summed E-state index contributed by atoms with van der Waals surface area (Å²) < 4.78 is 18.1. The molecule has 0 N–H and O–H groups in total. The number of hydrogen-bond donors (Lipinski definition) is 0. The van der Waals surface area contributed by atoms with E-state index in [2.05, 4.69) is 22.3 Å². The van der Waals surface area contributed by atoms with Crippen molar-refractivity contribution < 1.29 is 13.9 Å². The van der Waals surface area contributed by atoms with E-state index >= 15 is 0 Å². The molecule has 0 radical (unpaired) electrons. The van der Waals surface area contributed by atoms with Gasteiger partial charge < -0.3 is 4.74 Å². The number of esters is 1. The molecule has 0 fully saturated rings. The molecule has 4 rings (SSSR count). The molecule has 0 aliphatic rings. The van der Waals surface area contributed by atoms with Crippen molar-refractivity contribution in [3.05, 3.63) is 102 Å². The first-order valence-corrected chi connectivity index (χ1v) is 8.66. The van der Waals surface area contributed by atoms with Gasteiger partial charge in [0, 0.05) is 11.6 Å². The zero-order valence-corrected chi connectivity index (χ0v) is 14.7. The maximum atomic E-state index is 12.9. The zero-order valence-electron chi connectivity index (χ0n) is 14.7. The molecule has 0 spiro atoms. The molecule has 0 amide bonds. The van der Waals surface area contributed by atoms with Gasteiger partial charge >= 0.3 is 5.97 Å². The zero-order chi connectivity index (χ0) is 19.3. The first-order valence-electron chi connectivity index (χ1n) is 8.66. The highest BCUT2D eigenvalue weighted by Crippen LogP contribution is 2.24. The smallest absolute Gasteiger partial charge is 0.344 e. The standard InChI is InChI=1S/C23H15FN2O2/c24-20-12-10-19(11-13-20)23(27)28-22-15-14-21(25-26-22)18-8-6-17(7-9-18)16-4-2-1-3-5-16/h1-15H. The molecule has 0 saturated carbocycles. The number of hydrogen-bond acceptors (Lipinski definition) is 4. The van der Waals surface area contributed by atoms with Gasteiger partial charge in [-0.2, -0.15) is 0 Å². The topological polar surface area (TPSA) is 52.1 Å². The van der Waals surface area contributed by atoms with E-state index in [4.69, 9.17) is 4.74 Å². The van der Waals surface area contributed by atoms with Crippen LogP contribution in [0.25, 0.3) is 22.4 Å². The lowest BCUT2D eigenvalue weighted by molar-refractivity contribution is 0.0726. The Morgan fingerprint density at radius 3 is 1.96 bits per heavy atom. The Kier molecular flexibility index (Phi) is 4.89. The van der Waals surface area contributed by atoms with Gasteiger partial charge in [0.05, 0.1) is 11.3 Å². The molecule has 5 heteroatoms. The van der Waals surface area contributed by atoms with Crippen molar-refractivity contribution >= 4 is 5.97 Å². The Labute approximate surface area is 161 Å². The second-order valence-corrected chi connectivity index (χ2v) is 6.10. The number of ether oxygens (including phenoxy) is 1. The van der Waals surface area contributed by atoms with Crippen molar-refractivity contribution in [2.24, 2.45) is 0 Å². The van der Waals surface area contributed by atoms with Gasteiger partial charge in [-0.3, -0.25) is 0 Å². The van der Waals surface area contributed by atoms with E-state index in [1.807, 2.05) is 42.5 Å². The summed E-state index contributed by atoms with van der Waals surface area (Å²) in [5, 5.41) is 8.08. The highest BCUT2D eigenvalue weighted by Gasteiger charge is 2.10. The first-order chi connectivity index (χ1) is 13.7. The van der Waals surface area contributed by atoms with Gasteiger partial charge in [-0.05, 0) is 41.5 Å². The molecule has 4 nitrogen and oxygen atoms in total. The van der Waals surface area contributed by atoms with E-state index in [0.29, 0.717) is 5.69 Å². The molecular weight excluding hydrogens is 355 g/mol. The van der Waals surface area contributed by atoms with Crippen molar-refractivity contribution in [1.82, 2.24) is 10.2 Å². The van der Waals surface area contributed by atoms with E-state index in [9.17, 15) is 9.18 Å². The summed E-state index contributed by atoms with van der Waals surface area (Å²) in [5.74, 6) is -0.952. The molecule has 4 aromatic rings. The van der Waals surface area contributed by atoms with Crippen LogP contribution < -0.4 is 4.74 Å². The van der Waals surface area contributed by atoms with E-state index < -0.39 is 11.8 Å². The minimum Gasteiger partial charge on any atom is -0.402 e.